The van der Waals surface area contributed by atoms with Crippen molar-refractivity contribution in [2.75, 3.05) is 0 Å². The largest absolute Gasteiger partial charge is 0.354 e. The molecule has 5 aromatic rings. The highest BCUT2D eigenvalue weighted by molar-refractivity contribution is 7.08. The van der Waals surface area contributed by atoms with Crippen LogP contribution in [0.4, 0.5) is 0 Å². The van der Waals surface area contributed by atoms with Crippen molar-refractivity contribution in [3.8, 4) is 33.6 Å². The Morgan fingerprint density at radius 2 is 2.00 bits per heavy atom. The second-order valence-electron chi connectivity index (χ2n) is 6.79. The molecule has 1 aromatic carbocycles. The van der Waals surface area contributed by atoms with E-state index in [0.29, 0.717) is 5.56 Å². The Hall–Kier alpha value is -3.45. The number of aromatic amines is 2. The molecule has 2 N–H and O–H groups in total. The lowest BCUT2D eigenvalue weighted by atomic mass is 10.0. The van der Waals surface area contributed by atoms with Crippen molar-refractivity contribution < 1.29 is 0 Å². The third kappa shape index (κ3) is 2.59. The summed E-state index contributed by atoms with van der Waals surface area (Å²) in [5, 5.41) is 16.4. The number of aromatic nitrogens is 5. The van der Waals surface area contributed by atoms with Gasteiger partial charge in [0.25, 0.3) is 5.56 Å². The van der Waals surface area contributed by atoms with E-state index in [0.717, 1.165) is 44.5 Å². The predicted molar refractivity (Wildman–Crippen MR) is 112 cm³/mol. The molecule has 0 bridgehead atoms. The number of hydrogen-bond acceptors (Lipinski definition) is 4. The Labute approximate surface area is 164 Å². The quantitative estimate of drug-likeness (QED) is 0.483. The maximum atomic E-state index is 12.7. The summed E-state index contributed by atoms with van der Waals surface area (Å²) in [7, 11) is 1.88. The molecule has 0 fully saturated rings. The SMILES string of the molecule is Cc1cscc1-c1cc(-c2[nH]c3ccccc3c2-c2cnn(C)c2)c(=O)[nH]n1. The van der Waals surface area contributed by atoms with Gasteiger partial charge in [-0.2, -0.15) is 21.5 Å². The number of nitrogens with zero attached hydrogens (tertiary/aromatic N) is 3. The molecular formula is C21H17N5OS. The van der Waals surface area contributed by atoms with Crippen LogP contribution < -0.4 is 5.56 Å². The summed E-state index contributed by atoms with van der Waals surface area (Å²) in [6, 6.07) is 9.90. The van der Waals surface area contributed by atoms with E-state index in [1.807, 2.05) is 56.0 Å². The summed E-state index contributed by atoms with van der Waals surface area (Å²) in [6.07, 6.45) is 3.77. The van der Waals surface area contributed by atoms with E-state index in [9.17, 15) is 4.79 Å². The number of para-hydroxylation sites is 1. The van der Waals surface area contributed by atoms with Crippen LogP contribution in [0.15, 0.2) is 58.3 Å². The van der Waals surface area contributed by atoms with Gasteiger partial charge >= 0.3 is 0 Å². The van der Waals surface area contributed by atoms with Crippen LogP contribution in [0.5, 0.6) is 0 Å². The van der Waals surface area contributed by atoms with Gasteiger partial charge in [-0.05, 0) is 30.0 Å². The molecule has 5 rings (SSSR count). The Morgan fingerprint density at radius 1 is 1.14 bits per heavy atom. The normalized spacial score (nSPS) is 11.4. The van der Waals surface area contributed by atoms with Gasteiger partial charge in [0.1, 0.15) is 0 Å². The van der Waals surface area contributed by atoms with Crippen LogP contribution in [-0.4, -0.2) is 25.0 Å². The zero-order valence-corrected chi connectivity index (χ0v) is 16.2. The van der Waals surface area contributed by atoms with Crippen molar-refractivity contribution in [1.29, 1.82) is 0 Å². The van der Waals surface area contributed by atoms with E-state index in [2.05, 4.69) is 31.7 Å². The minimum absolute atomic E-state index is 0.228. The van der Waals surface area contributed by atoms with E-state index in [1.54, 1.807) is 16.0 Å². The average molecular weight is 387 g/mol. The molecule has 0 aliphatic heterocycles. The third-order valence-electron chi connectivity index (χ3n) is 4.90. The number of thiophene rings is 1. The molecule has 4 aromatic heterocycles. The standard InChI is InChI=1S/C21H17N5OS/c1-12-10-28-11-16(12)18-7-15(21(27)25-24-18)20-19(13-8-22-26(2)9-13)14-5-3-4-6-17(14)23-20/h3-11,23H,1-2H3,(H,25,27). The number of aryl methyl sites for hydroxylation is 2. The molecule has 28 heavy (non-hydrogen) atoms. The van der Waals surface area contributed by atoms with Gasteiger partial charge in [-0.1, -0.05) is 18.2 Å². The molecule has 0 amide bonds. The summed E-state index contributed by atoms with van der Waals surface area (Å²) in [4.78, 5) is 16.2. The fourth-order valence-corrected chi connectivity index (χ4v) is 4.39. The fourth-order valence-electron chi connectivity index (χ4n) is 3.55. The summed E-state index contributed by atoms with van der Waals surface area (Å²) < 4.78 is 1.76. The second kappa shape index (κ2) is 6.31. The molecule has 0 saturated heterocycles. The van der Waals surface area contributed by atoms with Crippen molar-refractivity contribution in [1.82, 2.24) is 25.0 Å². The molecule has 0 radical (unpaired) electrons. The highest BCUT2D eigenvalue weighted by Gasteiger charge is 2.19. The van der Waals surface area contributed by atoms with Crippen molar-refractivity contribution >= 4 is 22.2 Å². The fraction of sp³-hybridized carbons (Fsp3) is 0.0952. The summed E-state index contributed by atoms with van der Waals surface area (Å²) in [6.45, 7) is 2.04. The Kier molecular flexibility index (Phi) is 3.77. The average Bonchev–Trinajstić information content (AvgIpc) is 3.40. The van der Waals surface area contributed by atoms with E-state index < -0.39 is 0 Å². The minimum atomic E-state index is -0.228. The van der Waals surface area contributed by atoms with Crippen LogP contribution in [-0.2, 0) is 7.05 Å². The van der Waals surface area contributed by atoms with Crippen LogP contribution in [0.3, 0.4) is 0 Å². The monoisotopic (exact) mass is 387 g/mol. The smallest absolute Gasteiger partial charge is 0.273 e. The molecule has 0 aliphatic carbocycles. The van der Waals surface area contributed by atoms with Crippen LogP contribution in [0.2, 0.25) is 0 Å². The maximum Gasteiger partial charge on any atom is 0.273 e. The lowest BCUT2D eigenvalue weighted by Gasteiger charge is -2.05. The molecule has 0 saturated carbocycles. The summed E-state index contributed by atoms with van der Waals surface area (Å²) in [5.74, 6) is 0. The van der Waals surface area contributed by atoms with Gasteiger partial charge in [-0.15, -0.1) is 0 Å². The first kappa shape index (κ1) is 16.7. The number of rotatable bonds is 3. The van der Waals surface area contributed by atoms with Gasteiger partial charge in [0.05, 0.1) is 23.1 Å². The van der Waals surface area contributed by atoms with Crippen molar-refractivity contribution in [3.63, 3.8) is 0 Å². The molecular weight excluding hydrogens is 370 g/mol. The minimum Gasteiger partial charge on any atom is -0.354 e. The van der Waals surface area contributed by atoms with Gasteiger partial charge in [0.2, 0.25) is 0 Å². The summed E-state index contributed by atoms with van der Waals surface area (Å²) in [5.41, 5.74) is 6.92. The lowest BCUT2D eigenvalue weighted by Crippen LogP contribution is -2.12. The Balaban J connectivity index is 1.81. The molecule has 138 valence electrons. The lowest BCUT2D eigenvalue weighted by molar-refractivity contribution is 0.768. The zero-order valence-electron chi connectivity index (χ0n) is 15.4. The molecule has 0 unspecified atom stereocenters. The molecule has 0 aliphatic rings. The van der Waals surface area contributed by atoms with E-state index in [-0.39, 0.29) is 5.56 Å². The van der Waals surface area contributed by atoms with Crippen LogP contribution >= 0.6 is 11.3 Å². The van der Waals surface area contributed by atoms with Gasteiger partial charge < -0.3 is 4.98 Å². The van der Waals surface area contributed by atoms with Crippen molar-refractivity contribution in [2.45, 2.75) is 6.92 Å². The topological polar surface area (TPSA) is 79.4 Å². The van der Waals surface area contributed by atoms with Gasteiger partial charge in [0.15, 0.2) is 0 Å². The number of fused-ring (bicyclic) bond motifs is 1. The van der Waals surface area contributed by atoms with E-state index in [4.69, 9.17) is 0 Å². The van der Waals surface area contributed by atoms with Crippen LogP contribution in [0, 0.1) is 6.92 Å². The first-order valence-electron chi connectivity index (χ1n) is 8.85. The first-order chi connectivity index (χ1) is 13.6. The van der Waals surface area contributed by atoms with Gasteiger partial charge in [-0.25, -0.2) is 5.10 Å². The number of nitrogens with one attached hydrogen (secondary N) is 2. The maximum absolute atomic E-state index is 12.7. The Morgan fingerprint density at radius 3 is 2.75 bits per heavy atom. The predicted octanol–water partition coefficient (Wildman–Crippen LogP) is 4.36. The first-order valence-corrected chi connectivity index (χ1v) is 9.79. The summed E-state index contributed by atoms with van der Waals surface area (Å²) >= 11 is 1.62. The Bertz CT molecular complexity index is 1370. The van der Waals surface area contributed by atoms with Gasteiger partial charge in [-0.3, -0.25) is 9.48 Å². The highest BCUT2D eigenvalue weighted by atomic mass is 32.1. The molecule has 0 atom stereocenters. The number of hydrogen-bond donors (Lipinski definition) is 2. The third-order valence-corrected chi connectivity index (χ3v) is 5.77. The van der Waals surface area contributed by atoms with Crippen molar-refractivity contribution in [2.24, 2.45) is 7.05 Å². The molecule has 6 nitrogen and oxygen atoms in total. The van der Waals surface area contributed by atoms with Crippen molar-refractivity contribution in [3.05, 3.63) is 69.4 Å². The second-order valence-corrected chi connectivity index (χ2v) is 7.53. The van der Waals surface area contributed by atoms with E-state index >= 15 is 0 Å². The number of benzene rings is 1. The van der Waals surface area contributed by atoms with E-state index in [1.165, 1.54) is 0 Å². The zero-order chi connectivity index (χ0) is 19.3. The number of H-pyrrole nitrogens is 2. The molecule has 4 heterocycles. The van der Waals surface area contributed by atoms with Crippen LogP contribution in [0.1, 0.15) is 5.56 Å². The van der Waals surface area contributed by atoms with Gasteiger partial charge in [0, 0.05) is 46.2 Å². The van der Waals surface area contributed by atoms with Crippen LogP contribution in [0.25, 0.3) is 44.5 Å². The molecule has 7 heteroatoms. The highest BCUT2D eigenvalue weighted by Crippen LogP contribution is 2.37. The molecule has 0 spiro atoms.